The van der Waals surface area contributed by atoms with Crippen LogP contribution in [0, 0.1) is 0 Å². The molecular weight excluding hydrogens is 360 g/mol. The summed E-state index contributed by atoms with van der Waals surface area (Å²) in [5, 5.41) is 1.97. The number of hydrogen-bond donors (Lipinski definition) is 0. The fourth-order valence-corrected chi connectivity index (χ4v) is 4.57. The highest BCUT2D eigenvalue weighted by molar-refractivity contribution is 5.96. The summed E-state index contributed by atoms with van der Waals surface area (Å²) in [6, 6.07) is 23.9. The van der Waals surface area contributed by atoms with E-state index >= 15 is 0 Å². The van der Waals surface area contributed by atoms with Gasteiger partial charge in [0.25, 0.3) is 0 Å². The van der Waals surface area contributed by atoms with Gasteiger partial charge in [-0.3, -0.25) is 4.99 Å². The number of esters is 1. The molecule has 0 aromatic heterocycles. The van der Waals surface area contributed by atoms with Crippen LogP contribution in [-0.4, -0.2) is 25.6 Å². The van der Waals surface area contributed by atoms with Gasteiger partial charge in [-0.25, -0.2) is 4.79 Å². The number of ether oxygens (including phenoxy) is 1. The maximum atomic E-state index is 12.9. The van der Waals surface area contributed by atoms with Gasteiger partial charge in [-0.15, -0.1) is 0 Å². The molecule has 4 nitrogen and oxygen atoms in total. The molecule has 2 atom stereocenters. The van der Waals surface area contributed by atoms with E-state index in [-0.39, 0.29) is 5.97 Å². The van der Waals surface area contributed by atoms with Crippen molar-refractivity contribution in [2.45, 2.75) is 18.1 Å². The fraction of sp³-hybridized carbons (Fsp3) is 0.200. The minimum atomic E-state index is -1.02. The van der Waals surface area contributed by atoms with Crippen molar-refractivity contribution in [1.29, 1.82) is 0 Å². The Morgan fingerprint density at radius 1 is 0.897 bits per heavy atom. The van der Waals surface area contributed by atoms with Crippen LogP contribution in [0.2, 0.25) is 0 Å². The Morgan fingerprint density at radius 2 is 1.59 bits per heavy atom. The van der Waals surface area contributed by atoms with E-state index in [0.29, 0.717) is 5.56 Å². The van der Waals surface area contributed by atoms with Gasteiger partial charge >= 0.3 is 5.97 Å². The number of carbonyl (C=O) groups excluding carboxylic acids is 1. The second kappa shape index (κ2) is 6.05. The minimum absolute atomic E-state index is 0.307. The Bertz CT molecular complexity index is 1210. The first kappa shape index (κ1) is 17.7. The highest BCUT2D eigenvalue weighted by Gasteiger charge is 2.59. The summed E-state index contributed by atoms with van der Waals surface area (Å²) in [7, 11) is 4.02. The normalized spacial score (nSPS) is 24.2. The molecule has 0 saturated heterocycles. The van der Waals surface area contributed by atoms with E-state index in [1.54, 1.807) is 0 Å². The van der Waals surface area contributed by atoms with Crippen LogP contribution >= 0.6 is 0 Å². The first-order chi connectivity index (χ1) is 13.9. The molecule has 3 aromatic rings. The van der Waals surface area contributed by atoms with Gasteiger partial charge in [0.2, 0.25) is 0 Å². The van der Waals surface area contributed by atoms with E-state index in [1.165, 1.54) is 0 Å². The molecule has 0 aliphatic carbocycles. The molecule has 0 saturated carbocycles. The van der Waals surface area contributed by atoms with Gasteiger partial charge in [0.05, 0.1) is 10.9 Å². The molecule has 3 aromatic carbocycles. The van der Waals surface area contributed by atoms with Crippen LogP contribution < -0.4 is 15.5 Å². The molecule has 0 N–H and O–H groups in total. The topological polar surface area (TPSA) is 41.9 Å². The zero-order valence-corrected chi connectivity index (χ0v) is 16.7. The summed E-state index contributed by atoms with van der Waals surface area (Å²) in [6.45, 7) is 2.04. The number of fused-ring (bicyclic) bond motifs is 2. The zero-order chi connectivity index (χ0) is 20.2. The van der Waals surface area contributed by atoms with Crippen LogP contribution in [0.15, 0.2) is 77.8 Å². The average molecular weight is 382 g/mol. The Morgan fingerprint density at radius 3 is 2.31 bits per heavy atom. The summed E-state index contributed by atoms with van der Waals surface area (Å²) >= 11 is 0. The summed E-state index contributed by atoms with van der Waals surface area (Å²) in [5.74, 6) is -0.307. The third-order valence-corrected chi connectivity index (χ3v) is 6.00. The molecule has 2 aliphatic rings. The van der Waals surface area contributed by atoms with E-state index < -0.39 is 11.1 Å². The van der Waals surface area contributed by atoms with Crippen molar-refractivity contribution in [3.63, 3.8) is 0 Å². The average Bonchev–Trinajstić information content (AvgIpc) is 3.24. The Hall–Kier alpha value is -3.40. The van der Waals surface area contributed by atoms with Gasteiger partial charge in [-0.05, 0) is 42.5 Å². The quantitative estimate of drug-likeness (QED) is 0.654. The summed E-state index contributed by atoms with van der Waals surface area (Å²) in [6.07, 6.45) is 2.12. The summed E-state index contributed by atoms with van der Waals surface area (Å²) < 4.78 is 6.25. The van der Waals surface area contributed by atoms with Gasteiger partial charge in [0.15, 0.2) is 5.60 Å². The van der Waals surface area contributed by atoms with Crippen molar-refractivity contribution in [3.05, 3.63) is 100 Å². The van der Waals surface area contributed by atoms with E-state index in [9.17, 15) is 4.79 Å². The van der Waals surface area contributed by atoms with Crippen LogP contribution in [0.3, 0.4) is 0 Å². The van der Waals surface area contributed by atoms with Crippen molar-refractivity contribution in [3.8, 4) is 0 Å². The lowest BCUT2D eigenvalue weighted by atomic mass is 9.71. The fourth-order valence-electron chi connectivity index (χ4n) is 4.57. The van der Waals surface area contributed by atoms with E-state index in [2.05, 4.69) is 29.2 Å². The predicted molar refractivity (Wildman–Crippen MR) is 113 cm³/mol. The van der Waals surface area contributed by atoms with Crippen LogP contribution in [-0.2, 0) is 10.3 Å². The predicted octanol–water partition coefficient (Wildman–Crippen LogP) is 3.04. The lowest BCUT2D eigenvalue weighted by molar-refractivity contribution is -0.00902. The second-order valence-electron chi connectivity index (χ2n) is 8.02. The first-order valence-corrected chi connectivity index (χ1v) is 9.73. The largest absolute Gasteiger partial charge is 0.443 e. The molecule has 0 spiro atoms. The number of carbonyl (C=O) groups is 1. The van der Waals surface area contributed by atoms with Crippen molar-refractivity contribution in [1.82, 2.24) is 0 Å². The summed E-state index contributed by atoms with van der Waals surface area (Å²) in [5.41, 5.74) is 1.67. The van der Waals surface area contributed by atoms with Gasteiger partial charge in [0.1, 0.15) is 5.54 Å². The molecule has 144 valence electrons. The van der Waals surface area contributed by atoms with Crippen molar-refractivity contribution >= 4 is 17.7 Å². The second-order valence-corrected chi connectivity index (χ2v) is 8.02. The van der Waals surface area contributed by atoms with E-state index in [4.69, 9.17) is 9.73 Å². The molecule has 4 heteroatoms. The van der Waals surface area contributed by atoms with Crippen LogP contribution in [0.4, 0.5) is 5.69 Å². The van der Waals surface area contributed by atoms with Crippen molar-refractivity contribution < 1.29 is 9.53 Å². The van der Waals surface area contributed by atoms with Gasteiger partial charge < -0.3 is 9.64 Å². The maximum Gasteiger partial charge on any atom is 0.339 e. The smallest absolute Gasteiger partial charge is 0.339 e. The lowest BCUT2D eigenvalue weighted by Crippen LogP contribution is -2.47. The molecule has 2 heterocycles. The first-order valence-electron chi connectivity index (χ1n) is 9.73. The highest BCUT2D eigenvalue weighted by atomic mass is 16.6. The van der Waals surface area contributed by atoms with Crippen LogP contribution in [0.25, 0.3) is 6.08 Å². The molecule has 2 aliphatic heterocycles. The van der Waals surface area contributed by atoms with Gasteiger partial charge in [-0.1, -0.05) is 48.5 Å². The number of anilines is 1. The van der Waals surface area contributed by atoms with Crippen molar-refractivity contribution in [2.24, 2.45) is 4.99 Å². The molecule has 5 rings (SSSR count). The number of para-hydroxylation sites is 1. The van der Waals surface area contributed by atoms with Crippen LogP contribution in [0.5, 0.6) is 0 Å². The Kier molecular flexibility index (Phi) is 3.69. The number of hydrogen-bond acceptors (Lipinski definition) is 4. The van der Waals surface area contributed by atoms with E-state index in [0.717, 1.165) is 27.4 Å². The SMILES string of the molecule is CN(C)c1ccc(C2(C3(C)C=c4ccccc4=N3)OC(=O)c3ccccc32)cc1. The molecule has 0 amide bonds. The minimum Gasteiger partial charge on any atom is -0.443 e. The third-order valence-electron chi connectivity index (χ3n) is 6.00. The molecule has 0 bridgehead atoms. The molecule has 2 unspecified atom stereocenters. The monoisotopic (exact) mass is 382 g/mol. The molecule has 29 heavy (non-hydrogen) atoms. The van der Waals surface area contributed by atoms with E-state index in [1.807, 2.05) is 75.6 Å². The Balaban J connectivity index is 1.81. The molecule has 0 fully saturated rings. The third kappa shape index (κ3) is 2.38. The number of cyclic esters (lactones) is 1. The number of benzene rings is 3. The van der Waals surface area contributed by atoms with Gasteiger partial charge in [-0.2, -0.15) is 0 Å². The number of rotatable bonds is 3. The molecular formula is C25H22N2O2. The zero-order valence-electron chi connectivity index (χ0n) is 16.7. The summed E-state index contributed by atoms with van der Waals surface area (Å²) in [4.78, 5) is 20.0. The molecule has 0 radical (unpaired) electrons. The van der Waals surface area contributed by atoms with Crippen LogP contribution in [0.1, 0.15) is 28.4 Å². The highest BCUT2D eigenvalue weighted by Crippen LogP contribution is 2.51. The maximum absolute atomic E-state index is 12.9. The number of nitrogens with zero attached hydrogens (tertiary/aromatic N) is 2. The Labute approximate surface area is 169 Å². The van der Waals surface area contributed by atoms with Gasteiger partial charge in [0, 0.05) is 30.9 Å². The lowest BCUT2D eigenvalue weighted by Gasteiger charge is -2.40. The standard InChI is InChI=1S/C25H22N2O2/c1-24(16-17-8-4-7-11-22(17)26-24)25(18-12-14-19(15-13-18)27(2)3)21-10-6-5-9-20(21)23(28)29-25/h4-16H,1-3H3. The van der Waals surface area contributed by atoms with Crippen molar-refractivity contribution in [2.75, 3.05) is 19.0 Å².